The topological polar surface area (TPSA) is 76.3 Å². The smallest absolute Gasteiger partial charge is 0.253 e. The summed E-state index contributed by atoms with van der Waals surface area (Å²) in [4.78, 5) is 30.7. The number of pyridine rings is 1. The number of hydrogen-bond donors (Lipinski definition) is 1. The van der Waals surface area contributed by atoms with Gasteiger partial charge in [0.25, 0.3) is 5.91 Å². The van der Waals surface area contributed by atoms with Gasteiger partial charge in [0.05, 0.1) is 5.69 Å². The number of hydrogen-bond acceptors (Lipinski definition) is 3. The molecule has 2 aromatic rings. The van der Waals surface area contributed by atoms with Crippen molar-refractivity contribution in [3.63, 3.8) is 0 Å². The van der Waals surface area contributed by atoms with E-state index in [4.69, 9.17) is 5.73 Å². The highest BCUT2D eigenvalue weighted by Crippen LogP contribution is 2.43. The van der Waals surface area contributed by atoms with E-state index in [1.807, 2.05) is 29.2 Å². The second kappa shape index (κ2) is 7.74. The van der Waals surface area contributed by atoms with E-state index in [-0.39, 0.29) is 5.91 Å². The van der Waals surface area contributed by atoms with Gasteiger partial charge in [0.1, 0.15) is 0 Å². The highest BCUT2D eigenvalue weighted by molar-refractivity contribution is 5.95. The number of likely N-dealkylation sites (tertiary alicyclic amines) is 1. The molecule has 1 aromatic carbocycles. The van der Waals surface area contributed by atoms with Crippen LogP contribution in [-0.2, 0) is 0 Å². The summed E-state index contributed by atoms with van der Waals surface area (Å²) in [5.41, 5.74) is 8.37. The Kier molecular flexibility index (Phi) is 5.16. The van der Waals surface area contributed by atoms with E-state index < -0.39 is 5.91 Å². The first-order valence-corrected chi connectivity index (χ1v) is 10.2. The van der Waals surface area contributed by atoms with E-state index in [0.717, 1.165) is 25.1 Å². The molecule has 1 saturated heterocycles. The second-order valence-corrected chi connectivity index (χ2v) is 8.26. The predicted molar refractivity (Wildman–Crippen MR) is 109 cm³/mol. The van der Waals surface area contributed by atoms with Crippen LogP contribution in [0.1, 0.15) is 65.7 Å². The van der Waals surface area contributed by atoms with E-state index in [1.54, 1.807) is 18.3 Å². The summed E-state index contributed by atoms with van der Waals surface area (Å²) in [6, 6.07) is 10.8. The monoisotopic (exact) mass is 377 g/mol. The van der Waals surface area contributed by atoms with Gasteiger partial charge in [-0.05, 0) is 48.9 Å². The second-order valence-electron chi connectivity index (χ2n) is 8.26. The van der Waals surface area contributed by atoms with Crippen molar-refractivity contribution in [3.05, 3.63) is 53.7 Å². The van der Waals surface area contributed by atoms with Crippen LogP contribution in [0.3, 0.4) is 0 Å². The van der Waals surface area contributed by atoms with Crippen molar-refractivity contribution in [2.75, 3.05) is 13.1 Å². The van der Waals surface area contributed by atoms with Crippen molar-refractivity contribution in [2.24, 2.45) is 11.1 Å². The van der Waals surface area contributed by atoms with Crippen LogP contribution in [0.15, 0.2) is 42.6 Å². The summed E-state index contributed by atoms with van der Waals surface area (Å²) >= 11 is 0. The summed E-state index contributed by atoms with van der Waals surface area (Å²) in [5.74, 6) is -0.358. The third kappa shape index (κ3) is 3.79. The minimum absolute atomic E-state index is 0.117. The van der Waals surface area contributed by atoms with Crippen molar-refractivity contribution in [1.29, 1.82) is 0 Å². The summed E-state index contributed by atoms with van der Waals surface area (Å²) in [7, 11) is 0. The Bertz CT molecular complexity index is 868. The van der Waals surface area contributed by atoms with Gasteiger partial charge in [0.2, 0.25) is 5.91 Å². The Hall–Kier alpha value is -2.69. The van der Waals surface area contributed by atoms with Crippen LogP contribution in [0.2, 0.25) is 0 Å². The third-order valence-electron chi connectivity index (χ3n) is 6.36. The molecule has 2 N–H and O–H groups in total. The number of primary amides is 1. The normalized spacial score (nSPS) is 18.8. The first-order valence-electron chi connectivity index (χ1n) is 10.2. The van der Waals surface area contributed by atoms with E-state index in [9.17, 15) is 9.59 Å². The standard InChI is InChI=1S/C23H27N3O2/c24-21(27)19-9-13-25-20(15-19)17-5-7-18(8-6-17)22(28)26-14-12-23(16-26)10-3-1-2-4-11-23/h5-9,13,15H,1-4,10-12,14,16H2,(H2,24,27). The highest BCUT2D eigenvalue weighted by Gasteiger charge is 2.39. The molecule has 0 atom stereocenters. The van der Waals surface area contributed by atoms with Gasteiger partial charge >= 0.3 is 0 Å². The van der Waals surface area contributed by atoms with Crippen molar-refractivity contribution < 1.29 is 9.59 Å². The van der Waals surface area contributed by atoms with Crippen LogP contribution < -0.4 is 5.73 Å². The number of rotatable bonds is 3. The average Bonchev–Trinajstić information content (AvgIpc) is 3.00. The lowest BCUT2D eigenvalue weighted by Crippen LogP contribution is -2.32. The molecule has 2 fully saturated rings. The molecule has 0 radical (unpaired) electrons. The number of benzene rings is 1. The quantitative estimate of drug-likeness (QED) is 0.877. The molecule has 4 rings (SSSR count). The number of carbonyl (C=O) groups is 2. The Morgan fingerprint density at radius 2 is 1.64 bits per heavy atom. The maximum atomic E-state index is 13.0. The molecule has 2 heterocycles. The van der Waals surface area contributed by atoms with Gasteiger partial charge < -0.3 is 10.6 Å². The summed E-state index contributed by atoms with van der Waals surface area (Å²) < 4.78 is 0. The van der Waals surface area contributed by atoms with Crippen LogP contribution in [0.4, 0.5) is 0 Å². The molecule has 0 unspecified atom stereocenters. The van der Waals surface area contributed by atoms with Crippen molar-refractivity contribution >= 4 is 11.8 Å². The Labute approximate surface area is 165 Å². The van der Waals surface area contributed by atoms with Gasteiger partial charge in [0, 0.05) is 36.0 Å². The van der Waals surface area contributed by atoms with Crippen LogP contribution in [-0.4, -0.2) is 34.8 Å². The molecule has 1 saturated carbocycles. The van der Waals surface area contributed by atoms with Crippen molar-refractivity contribution in [2.45, 2.75) is 44.9 Å². The Morgan fingerprint density at radius 3 is 2.32 bits per heavy atom. The lowest BCUT2D eigenvalue weighted by Gasteiger charge is -2.27. The molecular formula is C23H27N3O2. The molecule has 2 amide bonds. The predicted octanol–water partition coefficient (Wildman–Crippen LogP) is 4.03. The molecule has 5 heteroatoms. The van der Waals surface area contributed by atoms with Crippen LogP contribution in [0, 0.1) is 5.41 Å². The molecule has 146 valence electrons. The molecule has 2 aliphatic rings. The molecule has 1 aromatic heterocycles. The van der Waals surface area contributed by atoms with Crippen molar-refractivity contribution in [3.8, 4) is 11.3 Å². The van der Waals surface area contributed by atoms with E-state index in [0.29, 0.717) is 22.2 Å². The summed E-state index contributed by atoms with van der Waals surface area (Å²) in [5, 5.41) is 0. The van der Waals surface area contributed by atoms with Gasteiger partial charge in [-0.2, -0.15) is 0 Å². The molecule has 0 bridgehead atoms. The largest absolute Gasteiger partial charge is 0.366 e. The van der Waals surface area contributed by atoms with E-state index in [1.165, 1.54) is 38.5 Å². The maximum absolute atomic E-state index is 13.0. The fraction of sp³-hybridized carbons (Fsp3) is 0.435. The zero-order valence-electron chi connectivity index (χ0n) is 16.2. The van der Waals surface area contributed by atoms with Gasteiger partial charge in [-0.25, -0.2) is 0 Å². The van der Waals surface area contributed by atoms with E-state index >= 15 is 0 Å². The summed E-state index contributed by atoms with van der Waals surface area (Å²) in [6.45, 7) is 1.76. The van der Waals surface area contributed by atoms with E-state index in [2.05, 4.69) is 4.98 Å². The zero-order chi connectivity index (χ0) is 19.6. The summed E-state index contributed by atoms with van der Waals surface area (Å²) in [6.07, 6.45) is 10.5. The lowest BCUT2D eigenvalue weighted by atomic mass is 9.80. The third-order valence-corrected chi connectivity index (χ3v) is 6.36. The first kappa shape index (κ1) is 18.7. The minimum atomic E-state index is -0.475. The van der Waals surface area contributed by atoms with Crippen molar-refractivity contribution in [1.82, 2.24) is 9.88 Å². The van der Waals surface area contributed by atoms with Crippen LogP contribution >= 0.6 is 0 Å². The maximum Gasteiger partial charge on any atom is 0.253 e. The minimum Gasteiger partial charge on any atom is -0.366 e. The molecule has 1 spiro atoms. The zero-order valence-corrected chi connectivity index (χ0v) is 16.2. The number of aromatic nitrogens is 1. The lowest BCUT2D eigenvalue weighted by molar-refractivity contribution is 0.0767. The van der Waals surface area contributed by atoms with Crippen LogP contribution in [0.25, 0.3) is 11.3 Å². The average molecular weight is 377 g/mol. The number of carbonyl (C=O) groups excluding carboxylic acids is 2. The van der Waals surface area contributed by atoms with Gasteiger partial charge in [0.15, 0.2) is 0 Å². The fourth-order valence-electron chi connectivity index (χ4n) is 4.70. The van der Waals surface area contributed by atoms with Gasteiger partial charge in [-0.3, -0.25) is 14.6 Å². The number of amides is 2. The van der Waals surface area contributed by atoms with Crippen LogP contribution in [0.5, 0.6) is 0 Å². The van der Waals surface area contributed by atoms with Gasteiger partial charge in [-0.15, -0.1) is 0 Å². The molecular weight excluding hydrogens is 350 g/mol. The Morgan fingerprint density at radius 1 is 0.929 bits per heavy atom. The molecule has 1 aliphatic carbocycles. The number of nitrogens with two attached hydrogens (primary N) is 1. The number of nitrogens with zero attached hydrogens (tertiary/aromatic N) is 2. The molecule has 28 heavy (non-hydrogen) atoms. The first-order chi connectivity index (χ1) is 13.6. The highest BCUT2D eigenvalue weighted by atomic mass is 16.2. The SMILES string of the molecule is NC(=O)c1ccnc(-c2ccc(C(=O)N3CCC4(CCCCCC4)C3)cc2)c1. The van der Waals surface area contributed by atoms with Gasteiger partial charge in [-0.1, -0.05) is 37.8 Å². The molecule has 5 nitrogen and oxygen atoms in total. The Balaban J connectivity index is 1.47. The fourth-order valence-corrected chi connectivity index (χ4v) is 4.70. The molecule has 1 aliphatic heterocycles.